The highest BCUT2D eigenvalue weighted by atomic mass is 32.2. The van der Waals surface area contributed by atoms with E-state index in [0.717, 1.165) is 54.5 Å². The van der Waals surface area contributed by atoms with Crippen molar-refractivity contribution in [2.45, 2.75) is 38.3 Å². The minimum absolute atomic E-state index is 0.0739. The van der Waals surface area contributed by atoms with E-state index in [1.54, 1.807) is 16.7 Å². The Hall–Kier alpha value is -2.25. The minimum atomic E-state index is -3.15. The van der Waals surface area contributed by atoms with Crippen LogP contribution in [0.3, 0.4) is 0 Å². The second-order valence-corrected chi connectivity index (χ2v) is 9.10. The smallest absolute Gasteiger partial charge is 0.211 e. The first-order chi connectivity index (χ1) is 13.0. The lowest BCUT2D eigenvalue weighted by Gasteiger charge is -2.33. The molecule has 1 unspecified atom stereocenters. The van der Waals surface area contributed by atoms with Gasteiger partial charge in [0.15, 0.2) is 0 Å². The molecule has 0 amide bonds. The van der Waals surface area contributed by atoms with Crippen LogP contribution in [-0.4, -0.2) is 46.1 Å². The molecule has 0 bridgehead atoms. The third-order valence-electron chi connectivity index (χ3n) is 5.28. The first kappa shape index (κ1) is 18.1. The van der Waals surface area contributed by atoms with E-state index in [1.807, 2.05) is 30.5 Å². The van der Waals surface area contributed by atoms with Gasteiger partial charge in [-0.2, -0.15) is 4.31 Å². The Morgan fingerprint density at radius 1 is 1.15 bits per heavy atom. The molecule has 7 heteroatoms. The van der Waals surface area contributed by atoms with Crippen LogP contribution in [0.15, 0.2) is 48.9 Å². The Morgan fingerprint density at radius 2 is 2.04 bits per heavy atom. The molecule has 1 aliphatic rings. The van der Waals surface area contributed by atoms with Crippen LogP contribution in [0.4, 0.5) is 0 Å². The van der Waals surface area contributed by atoms with Crippen LogP contribution in [0, 0.1) is 0 Å². The highest BCUT2D eigenvalue weighted by Gasteiger charge is 2.29. The summed E-state index contributed by atoms with van der Waals surface area (Å²) in [5, 5.41) is 1.08. The van der Waals surface area contributed by atoms with E-state index in [1.165, 1.54) is 6.26 Å². The van der Waals surface area contributed by atoms with Gasteiger partial charge in [-0.05, 0) is 43.5 Å². The van der Waals surface area contributed by atoms with Crippen LogP contribution >= 0.6 is 0 Å². The Morgan fingerprint density at radius 3 is 2.89 bits per heavy atom. The van der Waals surface area contributed by atoms with Crippen LogP contribution in [0.2, 0.25) is 0 Å². The van der Waals surface area contributed by atoms with Gasteiger partial charge in [0.1, 0.15) is 5.82 Å². The zero-order valence-electron chi connectivity index (χ0n) is 15.5. The van der Waals surface area contributed by atoms with E-state index in [4.69, 9.17) is 0 Å². The summed E-state index contributed by atoms with van der Waals surface area (Å²) in [5.41, 5.74) is 2.01. The molecule has 4 rings (SSSR count). The van der Waals surface area contributed by atoms with Crippen LogP contribution in [-0.2, 0) is 16.6 Å². The zero-order chi connectivity index (χ0) is 18.9. The van der Waals surface area contributed by atoms with Gasteiger partial charge in [0.05, 0.1) is 11.8 Å². The Bertz CT molecular complexity index is 1040. The number of pyridine rings is 1. The number of hydrogen-bond acceptors (Lipinski definition) is 4. The molecule has 3 aromatic rings. The van der Waals surface area contributed by atoms with Crippen molar-refractivity contribution < 1.29 is 8.42 Å². The highest BCUT2D eigenvalue weighted by Crippen LogP contribution is 2.25. The molecular weight excluding hydrogens is 360 g/mol. The van der Waals surface area contributed by atoms with Crippen LogP contribution in [0.25, 0.3) is 22.3 Å². The average molecular weight is 385 g/mol. The Balaban J connectivity index is 1.55. The van der Waals surface area contributed by atoms with E-state index < -0.39 is 10.0 Å². The maximum absolute atomic E-state index is 12.1. The number of fused-ring (bicyclic) bond motifs is 1. The van der Waals surface area contributed by atoms with Gasteiger partial charge >= 0.3 is 0 Å². The number of benzene rings is 1. The molecule has 1 fully saturated rings. The van der Waals surface area contributed by atoms with Gasteiger partial charge in [-0.15, -0.1) is 0 Å². The number of imidazole rings is 1. The molecule has 27 heavy (non-hydrogen) atoms. The van der Waals surface area contributed by atoms with Gasteiger partial charge in [0.2, 0.25) is 10.0 Å². The molecule has 142 valence electrons. The summed E-state index contributed by atoms with van der Waals surface area (Å²) in [6, 6.07) is 10.2. The van der Waals surface area contributed by atoms with E-state index in [-0.39, 0.29) is 6.04 Å². The lowest BCUT2D eigenvalue weighted by Crippen LogP contribution is -2.43. The number of piperidine rings is 1. The van der Waals surface area contributed by atoms with Crippen molar-refractivity contribution in [3.63, 3.8) is 0 Å². The monoisotopic (exact) mass is 384 g/mol. The topological polar surface area (TPSA) is 68.1 Å². The summed E-state index contributed by atoms with van der Waals surface area (Å²) in [6.45, 7) is 1.38. The molecule has 0 aliphatic carbocycles. The van der Waals surface area contributed by atoms with Crippen molar-refractivity contribution in [3.8, 4) is 11.4 Å². The molecule has 1 atom stereocenters. The maximum Gasteiger partial charge on any atom is 0.211 e. The predicted octanol–water partition coefficient (Wildman–Crippen LogP) is 3.30. The summed E-state index contributed by atoms with van der Waals surface area (Å²) in [6.07, 6.45) is 10.6. The number of rotatable bonds is 5. The largest absolute Gasteiger partial charge is 0.331 e. The molecule has 1 aliphatic heterocycles. The molecule has 2 aromatic heterocycles. The second kappa shape index (κ2) is 7.40. The fourth-order valence-corrected chi connectivity index (χ4v) is 5.17. The van der Waals surface area contributed by atoms with Crippen molar-refractivity contribution in [1.82, 2.24) is 18.8 Å². The molecule has 0 radical (unpaired) electrons. The van der Waals surface area contributed by atoms with Crippen molar-refractivity contribution in [2.24, 2.45) is 0 Å². The van der Waals surface area contributed by atoms with Gasteiger partial charge < -0.3 is 4.57 Å². The van der Waals surface area contributed by atoms with E-state index in [2.05, 4.69) is 20.6 Å². The fraction of sp³-hybridized carbons (Fsp3) is 0.400. The number of nitrogens with zero attached hydrogens (tertiary/aromatic N) is 4. The first-order valence-corrected chi connectivity index (χ1v) is 11.2. The summed E-state index contributed by atoms with van der Waals surface area (Å²) < 4.78 is 27.9. The minimum Gasteiger partial charge on any atom is -0.331 e. The SMILES string of the molecule is CS(=O)(=O)N1CCCCC1CCn1ccnc1-c1ccc2ncccc2c1. The molecule has 1 aromatic carbocycles. The number of aromatic nitrogens is 3. The van der Waals surface area contributed by atoms with Crippen molar-refractivity contribution >= 4 is 20.9 Å². The fourth-order valence-electron chi connectivity index (χ4n) is 3.95. The molecule has 0 spiro atoms. The number of sulfonamides is 1. The van der Waals surface area contributed by atoms with Gasteiger partial charge in [0.25, 0.3) is 0 Å². The van der Waals surface area contributed by atoms with Crippen LogP contribution < -0.4 is 0 Å². The average Bonchev–Trinajstić information content (AvgIpc) is 3.14. The molecule has 0 N–H and O–H groups in total. The van der Waals surface area contributed by atoms with Crippen LogP contribution in [0.5, 0.6) is 0 Å². The van der Waals surface area contributed by atoms with Crippen molar-refractivity contribution in [2.75, 3.05) is 12.8 Å². The lowest BCUT2D eigenvalue weighted by molar-refractivity contribution is 0.235. The van der Waals surface area contributed by atoms with Gasteiger partial charge in [-0.25, -0.2) is 13.4 Å². The summed E-state index contributed by atoms with van der Waals surface area (Å²) >= 11 is 0. The highest BCUT2D eigenvalue weighted by molar-refractivity contribution is 7.88. The van der Waals surface area contributed by atoms with E-state index in [9.17, 15) is 8.42 Å². The predicted molar refractivity (Wildman–Crippen MR) is 107 cm³/mol. The van der Waals surface area contributed by atoms with Gasteiger partial charge in [0, 0.05) is 48.7 Å². The first-order valence-electron chi connectivity index (χ1n) is 9.35. The summed E-state index contributed by atoms with van der Waals surface area (Å²) in [7, 11) is -3.15. The third-order valence-corrected chi connectivity index (χ3v) is 6.61. The quantitative estimate of drug-likeness (QED) is 0.677. The third kappa shape index (κ3) is 3.89. The maximum atomic E-state index is 12.1. The molecule has 0 saturated carbocycles. The van der Waals surface area contributed by atoms with E-state index in [0.29, 0.717) is 6.54 Å². The van der Waals surface area contributed by atoms with Crippen molar-refractivity contribution in [1.29, 1.82) is 0 Å². The molecular formula is C20H24N4O2S. The zero-order valence-corrected chi connectivity index (χ0v) is 16.3. The second-order valence-electron chi connectivity index (χ2n) is 7.17. The van der Waals surface area contributed by atoms with Crippen molar-refractivity contribution in [3.05, 3.63) is 48.9 Å². The molecule has 6 nitrogen and oxygen atoms in total. The number of hydrogen-bond donors (Lipinski definition) is 0. The Labute approximate surface area is 159 Å². The summed E-state index contributed by atoms with van der Waals surface area (Å²) in [5.74, 6) is 0.905. The number of aryl methyl sites for hydroxylation is 1. The van der Waals surface area contributed by atoms with E-state index >= 15 is 0 Å². The molecule has 3 heterocycles. The van der Waals surface area contributed by atoms with Gasteiger partial charge in [-0.3, -0.25) is 4.98 Å². The molecule has 1 saturated heterocycles. The standard InChI is InChI=1S/C20H24N4O2S/c1-27(25,26)24-12-3-2-6-18(24)9-13-23-14-11-22-20(23)17-7-8-19-16(15-17)5-4-10-21-19/h4-5,7-8,10-11,14-15,18H,2-3,6,9,12-13H2,1H3. The summed E-state index contributed by atoms with van der Waals surface area (Å²) in [4.78, 5) is 8.90. The Kier molecular flexibility index (Phi) is 4.97. The van der Waals surface area contributed by atoms with Gasteiger partial charge in [-0.1, -0.05) is 12.5 Å². The lowest BCUT2D eigenvalue weighted by atomic mass is 10.0. The van der Waals surface area contributed by atoms with Crippen LogP contribution in [0.1, 0.15) is 25.7 Å². The normalized spacial score (nSPS) is 18.8.